The van der Waals surface area contributed by atoms with Gasteiger partial charge >= 0.3 is 12.4 Å². The van der Waals surface area contributed by atoms with Gasteiger partial charge in [-0.05, 0) is 41.8 Å². The molecule has 1 atom stereocenters. The monoisotopic (exact) mass is 558 g/mol. The first-order valence-electron chi connectivity index (χ1n) is 10.00. The van der Waals surface area contributed by atoms with E-state index < -0.39 is 50.4 Å². The zero-order valence-corrected chi connectivity index (χ0v) is 19.7. The Morgan fingerprint density at radius 1 is 1.03 bits per heavy atom. The molecule has 0 spiro atoms. The van der Waals surface area contributed by atoms with Crippen LogP contribution in [0, 0.1) is 0 Å². The van der Waals surface area contributed by atoms with Crippen molar-refractivity contribution in [3.8, 4) is 0 Å². The topological polar surface area (TPSA) is 104 Å². The Kier molecular flexibility index (Phi) is 7.11. The van der Waals surface area contributed by atoms with Gasteiger partial charge in [-0.3, -0.25) is 9.59 Å². The summed E-state index contributed by atoms with van der Waals surface area (Å²) in [5, 5.41) is 11.8. The fourth-order valence-electron chi connectivity index (χ4n) is 3.87. The van der Waals surface area contributed by atoms with Gasteiger partial charge in [0.1, 0.15) is 6.04 Å². The second-order valence-corrected chi connectivity index (χ2v) is 10.5. The van der Waals surface area contributed by atoms with Crippen LogP contribution in [0.5, 0.6) is 0 Å². The molecule has 1 aliphatic heterocycles. The van der Waals surface area contributed by atoms with E-state index in [4.69, 9.17) is 10.7 Å². The summed E-state index contributed by atoms with van der Waals surface area (Å²) in [6, 6.07) is 4.60. The fourth-order valence-corrected chi connectivity index (χ4v) is 4.67. The number of anilines is 1. The third kappa shape index (κ3) is 5.02. The number of amides is 2. The number of rotatable bonds is 4. The maximum Gasteiger partial charge on any atom is 0.430 e. The zero-order valence-electron chi connectivity index (χ0n) is 18.1. The van der Waals surface area contributed by atoms with Crippen LogP contribution < -0.4 is 5.32 Å². The van der Waals surface area contributed by atoms with Gasteiger partial charge in [0, 0.05) is 35.4 Å². The number of halogens is 7. The Labute approximate surface area is 205 Å². The Morgan fingerprint density at radius 2 is 1.58 bits per heavy atom. The Balaban J connectivity index is 1.95. The highest BCUT2D eigenvalue weighted by molar-refractivity contribution is 8.13. The van der Waals surface area contributed by atoms with Gasteiger partial charge in [0.05, 0.1) is 4.90 Å². The van der Waals surface area contributed by atoms with Crippen molar-refractivity contribution in [2.75, 3.05) is 11.9 Å². The molecule has 0 saturated carbocycles. The van der Waals surface area contributed by atoms with E-state index in [0.717, 1.165) is 18.2 Å². The van der Waals surface area contributed by atoms with E-state index in [-0.39, 0.29) is 29.1 Å². The maximum atomic E-state index is 13.1. The summed E-state index contributed by atoms with van der Waals surface area (Å²) in [5.74, 6) is -1.37. The molecule has 1 aliphatic rings. The SMILES string of the molecule is CC(=O)N1CCc2cc(S(=O)(=O)Cl)ccc2C1C(=O)Nc1ccc(C(O)(C(F)(F)F)C(F)(F)F)cc1. The summed E-state index contributed by atoms with van der Waals surface area (Å²) in [6.07, 6.45) is -11.9. The Bertz CT molecular complexity index is 1280. The number of carbonyl (C=O) groups is 2. The van der Waals surface area contributed by atoms with E-state index in [1.54, 1.807) is 0 Å². The molecule has 1 heterocycles. The van der Waals surface area contributed by atoms with E-state index in [1.165, 1.54) is 24.0 Å². The molecule has 2 amide bonds. The van der Waals surface area contributed by atoms with Crippen LogP contribution in [-0.2, 0) is 30.7 Å². The molecule has 2 aromatic carbocycles. The largest absolute Gasteiger partial charge is 0.430 e. The number of hydrogen-bond donors (Lipinski definition) is 2. The Hall–Kier alpha value is -2.84. The van der Waals surface area contributed by atoms with Gasteiger partial charge in [0.2, 0.25) is 5.91 Å². The van der Waals surface area contributed by atoms with Crippen molar-refractivity contribution in [1.29, 1.82) is 0 Å². The molecule has 0 saturated heterocycles. The van der Waals surface area contributed by atoms with Crippen LogP contribution in [0.1, 0.15) is 29.7 Å². The van der Waals surface area contributed by atoms with Crippen molar-refractivity contribution in [1.82, 2.24) is 4.90 Å². The third-order valence-electron chi connectivity index (χ3n) is 5.67. The van der Waals surface area contributed by atoms with Crippen LogP contribution in [0.2, 0.25) is 0 Å². The number of carbonyl (C=O) groups excluding carboxylic acids is 2. The summed E-state index contributed by atoms with van der Waals surface area (Å²) in [5.41, 5.74) is -6.19. The van der Waals surface area contributed by atoms with Crippen molar-refractivity contribution >= 4 is 37.2 Å². The molecule has 15 heteroatoms. The summed E-state index contributed by atoms with van der Waals surface area (Å²) >= 11 is 0. The Morgan fingerprint density at radius 3 is 2.06 bits per heavy atom. The quantitative estimate of drug-likeness (QED) is 0.436. The predicted molar refractivity (Wildman–Crippen MR) is 114 cm³/mol. The first-order chi connectivity index (χ1) is 16.4. The van der Waals surface area contributed by atoms with Gasteiger partial charge < -0.3 is 15.3 Å². The fraction of sp³-hybridized carbons (Fsp3) is 0.333. The second-order valence-electron chi connectivity index (χ2n) is 7.94. The van der Waals surface area contributed by atoms with Gasteiger partial charge in [0.15, 0.2) is 0 Å². The summed E-state index contributed by atoms with van der Waals surface area (Å²) < 4.78 is 102. The molecular formula is C21H17ClF6N2O5S. The smallest absolute Gasteiger partial charge is 0.369 e. The van der Waals surface area contributed by atoms with Crippen LogP contribution >= 0.6 is 10.7 Å². The molecule has 196 valence electrons. The highest BCUT2D eigenvalue weighted by Gasteiger charge is 2.71. The normalized spacial score (nSPS) is 16.9. The van der Waals surface area contributed by atoms with Gasteiger partial charge in [-0.1, -0.05) is 18.2 Å². The number of nitrogens with one attached hydrogen (secondary N) is 1. The van der Waals surface area contributed by atoms with E-state index in [9.17, 15) is 49.5 Å². The van der Waals surface area contributed by atoms with Gasteiger partial charge in [0.25, 0.3) is 20.6 Å². The lowest BCUT2D eigenvalue weighted by Gasteiger charge is -2.36. The lowest BCUT2D eigenvalue weighted by Crippen LogP contribution is -2.53. The van der Waals surface area contributed by atoms with Gasteiger partial charge in [-0.15, -0.1) is 0 Å². The molecule has 0 aliphatic carbocycles. The minimum absolute atomic E-state index is 0.0232. The molecule has 2 N–H and O–H groups in total. The maximum absolute atomic E-state index is 13.1. The number of fused-ring (bicyclic) bond motifs is 1. The molecule has 36 heavy (non-hydrogen) atoms. The van der Waals surface area contributed by atoms with E-state index in [2.05, 4.69) is 5.32 Å². The molecule has 1 unspecified atom stereocenters. The first kappa shape index (κ1) is 27.7. The number of benzene rings is 2. The summed E-state index contributed by atoms with van der Waals surface area (Å²) in [6.45, 7) is 1.21. The zero-order chi connectivity index (χ0) is 27.3. The molecule has 0 aromatic heterocycles. The average Bonchev–Trinajstić information content (AvgIpc) is 2.75. The lowest BCUT2D eigenvalue weighted by atomic mass is 9.91. The summed E-state index contributed by atoms with van der Waals surface area (Å²) in [4.78, 5) is 26.1. The van der Waals surface area contributed by atoms with Crippen molar-refractivity contribution in [3.63, 3.8) is 0 Å². The minimum atomic E-state index is -6.07. The molecule has 3 rings (SSSR count). The number of aliphatic hydroxyl groups is 1. The van der Waals surface area contributed by atoms with E-state index >= 15 is 0 Å². The van der Waals surface area contributed by atoms with Crippen molar-refractivity contribution in [2.45, 2.75) is 42.2 Å². The van der Waals surface area contributed by atoms with Crippen LogP contribution in [-0.4, -0.2) is 49.1 Å². The first-order valence-corrected chi connectivity index (χ1v) is 12.3. The lowest BCUT2D eigenvalue weighted by molar-refractivity contribution is -0.376. The van der Waals surface area contributed by atoms with Crippen LogP contribution in [0.3, 0.4) is 0 Å². The van der Waals surface area contributed by atoms with Crippen LogP contribution in [0.4, 0.5) is 32.0 Å². The second kappa shape index (κ2) is 9.23. The highest BCUT2D eigenvalue weighted by Crippen LogP contribution is 2.50. The predicted octanol–water partition coefficient (Wildman–Crippen LogP) is 4.01. The highest BCUT2D eigenvalue weighted by atomic mass is 35.7. The van der Waals surface area contributed by atoms with E-state index in [0.29, 0.717) is 17.7 Å². The van der Waals surface area contributed by atoms with Crippen molar-refractivity contribution in [2.24, 2.45) is 0 Å². The van der Waals surface area contributed by atoms with E-state index in [1.807, 2.05) is 0 Å². The molecule has 0 fully saturated rings. The van der Waals surface area contributed by atoms with Gasteiger partial charge in [-0.25, -0.2) is 8.42 Å². The molecule has 0 radical (unpaired) electrons. The van der Waals surface area contributed by atoms with Crippen LogP contribution in [0.25, 0.3) is 0 Å². The summed E-state index contributed by atoms with van der Waals surface area (Å²) in [7, 11) is 1.28. The number of alkyl halides is 6. The number of hydrogen-bond acceptors (Lipinski definition) is 5. The number of nitrogens with zero attached hydrogens (tertiary/aromatic N) is 1. The average molecular weight is 559 g/mol. The minimum Gasteiger partial charge on any atom is -0.369 e. The molecule has 2 aromatic rings. The molecular weight excluding hydrogens is 542 g/mol. The molecule has 0 bridgehead atoms. The van der Waals surface area contributed by atoms with Crippen LogP contribution in [0.15, 0.2) is 47.4 Å². The molecule has 7 nitrogen and oxygen atoms in total. The van der Waals surface area contributed by atoms with Crippen molar-refractivity contribution < 1.29 is 49.5 Å². The van der Waals surface area contributed by atoms with Crippen molar-refractivity contribution in [3.05, 3.63) is 59.2 Å². The third-order valence-corrected chi connectivity index (χ3v) is 7.02. The standard InChI is InChI=1S/C21H17ClF6N2O5S/c1-11(31)30-9-8-12-10-15(36(22,34)35)6-7-16(12)17(30)18(32)29-14-4-2-13(3-5-14)19(33,20(23,24)25)21(26,27)28/h2-7,10,17,33H,8-9H2,1H3,(H,29,32). The van der Waals surface area contributed by atoms with Gasteiger partial charge in [-0.2, -0.15) is 26.3 Å².